The van der Waals surface area contributed by atoms with Gasteiger partial charge in [-0.25, -0.2) is 8.78 Å². The second-order valence-electron chi connectivity index (χ2n) is 5.96. The zero-order valence-electron chi connectivity index (χ0n) is 14.8. The molecular formula is C20H34F2. The van der Waals surface area contributed by atoms with Crippen LogP contribution in [-0.4, -0.2) is 0 Å². The first kappa shape index (κ1) is 21.1. The molecule has 0 aliphatic carbocycles. The lowest BCUT2D eigenvalue weighted by atomic mass is 10.1. The van der Waals surface area contributed by atoms with Crippen LogP contribution in [0, 0.1) is 11.6 Å². The Morgan fingerprint density at radius 2 is 0.955 bits per heavy atom. The fourth-order valence-electron chi connectivity index (χ4n) is 2.38. The average Bonchev–Trinajstić information content (AvgIpc) is 2.49. The van der Waals surface area contributed by atoms with Gasteiger partial charge >= 0.3 is 0 Å². The maximum atomic E-state index is 12.4. The van der Waals surface area contributed by atoms with Gasteiger partial charge in [-0.05, 0) is 24.1 Å². The summed E-state index contributed by atoms with van der Waals surface area (Å²) in [5.41, 5.74) is 0.692. The summed E-state index contributed by atoms with van der Waals surface area (Å²) in [5, 5.41) is 0. The van der Waals surface area contributed by atoms with E-state index in [1.807, 2.05) is 6.92 Å². The van der Waals surface area contributed by atoms with Crippen molar-refractivity contribution in [3.8, 4) is 0 Å². The predicted molar refractivity (Wildman–Crippen MR) is 93.3 cm³/mol. The van der Waals surface area contributed by atoms with Gasteiger partial charge in [0.05, 0.1) is 0 Å². The molecule has 1 rings (SSSR count). The molecule has 0 saturated carbocycles. The van der Waals surface area contributed by atoms with Crippen LogP contribution in [0.3, 0.4) is 0 Å². The maximum absolute atomic E-state index is 12.4. The van der Waals surface area contributed by atoms with Crippen LogP contribution in [0.2, 0.25) is 0 Å². The van der Waals surface area contributed by atoms with Gasteiger partial charge in [0.15, 0.2) is 0 Å². The van der Waals surface area contributed by atoms with Crippen LogP contribution >= 0.6 is 0 Å². The third-order valence-corrected chi connectivity index (χ3v) is 3.79. The number of rotatable bonds is 10. The van der Waals surface area contributed by atoms with Gasteiger partial charge in [0.2, 0.25) is 0 Å². The summed E-state index contributed by atoms with van der Waals surface area (Å²) < 4.78 is 24.8. The molecule has 0 saturated heterocycles. The van der Waals surface area contributed by atoms with Crippen LogP contribution in [0.15, 0.2) is 18.2 Å². The molecule has 0 bridgehead atoms. The largest absolute Gasteiger partial charge is 0.207 e. The Morgan fingerprint density at radius 1 is 0.591 bits per heavy atom. The fourth-order valence-corrected chi connectivity index (χ4v) is 2.38. The molecule has 0 spiro atoms. The fraction of sp³-hybridized carbons (Fsp3) is 0.700. The first-order chi connectivity index (χ1) is 10.6. The van der Waals surface area contributed by atoms with E-state index < -0.39 is 11.6 Å². The summed E-state index contributed by atoms with van der Waals surface area (Å²) >= 11 is 0. The van der Waals surface area contributed by atoms with Crippen molar-refractivity contribution < 1.29 is 8.78 Å². The lowest BCUT2D eigenvalue weighted by molar-refractivity contribution is 0.562. The summed E-state index contributed by atoms with van der Waals surface area (Å²) in [6.07, 6.45) is 15.1. The SMILES string of the molecule is CCCCCCCCCCCC.CCc1cc(F)cc(F)c1. The molecule has 0 aliphatic rings. The molecular weight excluding hydrogens is 278 g/mol. The molecule has 0 aromatic heterocycles. The Kier molecular flexibility index (Phi) is 14.4. The average molecular weight is 312 g/mol. The summed E-state index contributed by atoms with van der Waals surface area (Å²) in [6.45, 7) is 6.41. The van der Waals surface area contributed by atoms with Crippen LogP contribution < -0.4 is 0 Å². The molecule has 1 aromatic carbocycles. The van der Waals surface area contributed by atoms with Gasteiger partial charge in [0.25, 0.3) is 0 Å². The lowest BCUT2D eigenvalue weighted by Gasteiger charge is -1.99. The minimum atomic E-state index is -0.503. The van der Waals surface area contributed by atoms with Crippen LogP contribution in [0.1, 0.15) is 90.5 Å². The molecule has 0 fully saturated rings. The van der Waals surface area contributed by atoms with E-state index in [1.165, 1.54) is 76.3 Å². The van der Waals surface area contributed by atoms with E-state index >= 15 is 0 Å². The predicted octanol–water partition coefficient (Wildman–Crippen LogP) is 7.45. The molecule has 2 heteroatoms. The summed E-state index contributed by atoms with van der Waals surface area (Å²) in [4.78, 5) is 0. The molecule has 0 N–H and O–H groups in total. The normalized spacial score (nSPS) is 10.2. The number of halogens is 2. The van der Waals surface area contributed by atoms with E-state index in [1.54, 1.807) is 0 Å². The topological polar surface area (TPSA) is 0 Å². The highest BCUT2D eigenvalue weighted by molar-refractivity contribution is 5.17. The zero-order chi connectivity index (χ0) is 16.6. The Bertz CT molecular complexity index is 330. The summed E-state index contributed by atoms with van der Waals surface area (Å²) in [6, 6.07) is 3.55. The van der Waals surface area contributed by atoms with Gasteiger partial charge in [-0.1, -0.05) is 85.0 Å². The van der Waals surface area contributed by atoms with Crippen LogP contribution in [0.4, 0.5) is 8.78 Å². The number of unbranched alkanes of at least 4 members (excludes halogenated alkanes) is 9. The van der Waals surface area contributed by atoms with Crippen molar-refractivity contribution in [2.24, 2.45) is 0 Å². The van der Waals surface area contributed by atoms with Crippen molar-refractivity contribution in [1.82, 2.24) is 0 Å². The van der Waals surface area contributed by atoms with E-state index in [9.17, 15) is 8.78 Å². The van der Waals surface area contributed by atoms with Gasteiger partial charge < -0.3 is 0 Å². The molecule has 0 atom stereocenters. The molecule has 0 aliphatic heterocycles. The van der Waals surface area contributed by atoms with E-state index in [0.29, 0.717) is 12.0 Å². The Balaban J connectivity index is 0.000000406. The number of hydrogen-bond acceptors (Lipinski definition) is 0. The lowest BCUT2D eigenvalue weighted by Crippen LogP contribution is -1.84. The second kappa shape index (κ2) is 15.0. The Labute approximate surface area is 136 Å². The maximum Gasteiger partial charge on any atom is 0.126 e. The molecule has 128 valence electrons. The van der Waals surface area contributed by atoms with Crippen molar-refractivity contribution in [2.75, 3.05) is 0 Å². The number of aryl methyl sites for hydroxylation is 1. The van der Waals surface area contributed by atoms with Crippen LogP contribution in [0.5, 0.6) is 0 Å². The molecule has 22 heavy (non-hydrogen) atoms. The van der Waals surface area contributed by atoms with Gasteiger partial charge in [-0.2, -0.15) is 0 Å². The first-order valence-corrected chi connectivity index (χ1v) is 9.08. The molecule has 0 unspecified atom stereocenters. The standard InChI is InChI=1S/C12H26.C8H8F2/c1-3-5-7-9-11-12-10-8-6-4-2;1-2-6-3-7(9)5-8(10)4-6/h3-12H2,1-2H3;3-5H,2H2,1H3. The van der Waals surface area contributed by atoms with E-state index in [4.69, 9.17) is 0 Å². The number of benzene rings is 1. The van der Waals surface area contributed by atoms with Crippen molar-refractivity contribution in [3.05, 3.63) is 35.4 Å². The van der Waals surface area contributed by atoms with Crippen molar-refractivity contribution >= 4 is 0 Å². The molecule has 0 nitrogen and oxygen atoms in total. The minimum absolute atomic E-state index is 0.503. The Hall–Kier alpha value is -0.920. The van der Waals surface area contributed by atoms with E-state index in [-0.39, 0.29) is 0 Å². The molecule has 1 aromatic rings. The molecule has 0 heterocycles. The first-order valence-electron chi connectivity index (χ1n) is 9.08. The zero-order valence-corrected chi connectivity index (χ0v) is 14.8. The summed E-state index contributed by atoms with van der Waals surface area (Å²) in [7, 11) is 0. The van der Waals surface area contributed by atoms with Crippen molar-refractivity contribution in [1.29, 1.82) is 0 Å². The van der Waals surface area contributed by atoms with Crippen molar-refractivity contribution in [3.63, 3.8) is 0 Å². The highest BCUT2D eigenvalue weighted by Crippen LogP contribution is 2.10. The smallest absolute Gasteiger partial charge is 0.126 e. The minimum Gasteiger partial charge on any atom is -0.207 e. The number of hydrogen-bond donors (Lipinski definition) is 0. The molecule has 0 amide bonds. The highest BCUT2D eigenvalue weighted by Gasteiger charge is 1.96. The van der Waals surface area contributed by atoms with Crippen LogP contribution in [-0.2, 0) is 6.42 Å². The van der Waals surface area contributed by atoms with E-state index in [2.05, 4.69) is 13.8 Å². The van der Waals surface area contributed by atoms with Gasteiger partial charge in [-0.3, -0.25) is 0 Å². The van der Waals surface area contributed by atoms with E-state index in [0.717, 1.165) is 6.07 Å². The quantitative estimate of drug-likeness (QED) is 0.393. The third-order valence-electron chi connectivity index (χ3n) is 3.79. The summed E-state index contributed by atoms with van der Waals surface area (Å²) in [5.74, 6) is -1.01. The Morgan fingerprint density at radius 3 is 1.27 bits per heavy atom. The monoisotopic (exact) mass is 312 g/mol. The second-order valence-corrected chi connectivity index (χ2v) is 5.96. The van der Waals surface area contributed by atoms with Crippen molar-refractivity contribution in [2.45, 2.75) is 91.4 Å². The highest BCUT2D eigenvalue weighted by atomic mass is 19.1. The van der Waals surface area contributed by atoms with Crippen LogP contribution in [0.25, 0.3) is 0 Å². The molecule has 0 radical (unpaired) electrons. The third kappa shape index (κ3) is 12.8. The van der Waals surface area contributed by atoms with Gasteiger partial charge in [-0.15, -0.1) is 0 Å². The van der Waals surface area contributed by atoms with Gasteiger partial charge in [0.1, 0.15) is 11.6 Å². The van der Waals surface area contributed by atoms with Gasteiger partial charge in [0, 0.05) is 6.07 Å².